The molecule has 0 spiro atoms. The van der Waals surface area contributed by atoms with Gasteiger partial charge >= 0.3 is 0 Å². The second-order valence-corrected chi connectivity index (χ2v) is 6.94. The molecule has 4 aromatic rings. The predicted octanol–water partition coefficient (Wildman–Crippen LogP) is 6.61. The van der Waals surface area contributed by atoms with Gasteiger partial charge in [0.05, 0.1) is 11.4 Å². The first kappa shape index (κ1) is 20.7. The number of nitrogens with zero attached hydrogens (tertiary/aromatic N) is 2. The Balaban J connectivity index is 1.43. The summed E-state index contributed by atoms with van der Waals surface area (Å²) in [4.78, 5) is 24.7. The van der Waals surface area contributed by atoms with E-state index in [9.17, 15) is 9.59 Å². The molecule has 0 radical (unpaired) electrons. The van der Waals surface area contributed by atoms with E-state index in [1.807, 2.05) is 36.4 Å². The molecule has 156 valence electrons. The summed E-state index contributed by atoms with van der Waals surface area (Å²) in [7, 11) is 0. The van der Waals surface area contributed by atoms with Gasteiger partial charge in [-0.15, -0.1) is 0 Å². The number of benzene rings is 4. The summed E-state index contributed by atoms with van der Waals surface area (Å²) in [5.74, 6) is -0.386. The standard InChI is InChI=1S/C26H20N4O2/c31-25(19-9-3-1-4-10-19)27-21-13-7-15-23(17-21)29-30-24-16-8-14-22(18-24)28-26(32)20-11-5-2-6-12-20/h1-18H,(H,27,31)(H,28,32). The second-order valence-electron chi connectivity index (χ2n) is 6.94. The molecule has 0 aliphatic heterocycles. The SMILES string of the molecule is O=C(Nc1cccc(N=Nc2cccc(NC(=O)c3ccccc3)c2)c1)c1ccccc1. The van der Waals surface area contributed by atoms with Crippen molar-refractivity contribution in [2.24, 2.45) is 10.2 Å². The molecule has 2 N–H and O–H groups in total. The molecule has 0 unspecified atom stereocenters. The molecular weight excluding hydrogens is 400 g/mol. The molecule has 0 atom stereocenters. The Hall–Kier alpha value is -4.58. The topological polar surface area (TPSA) is 82.9 Å². The highest BCUT2D eigenvalue weighted by Gasteiger charge is 2.06. The third-order valence-corrected chi connectivity index (χ3v) is 4.56. The summed E-state index contributed by atoms with van der Waals surface area (Å²) >= 11 is 0. The lowest BCUT2D eigenvalue weighted by Gasteiger charge is -2.06. The number of anilines is 2. The highest BCUT2D eigenvalue weighted by molar-refractivity contribution is 6.05. The Labute approximate surface area is 185 Å². The molecule has 0 bridgehead atoms. The van der Waals surface area contributed by atoms with Gasteiger partial charge in [-0.3, -0.25) is 9.59 Å². The van der Waals surface area contributed by atoms with Gasteiger partial charge in [0.2, 0.25) is 0 Å². The first-order valence-corrected chi connectivity index (χ1v) is 10.0. The van der Waals surface area contributed by atoms with Gasteiger partial charge in [-0.2, -0.15) is 10.2 Å². The van der Waals surface area contributed by atoms with Crippen LogP contribution in [0.4, 0.5) is 22.7 Å². The number of rotatable bonds is 6. The third kappa shape index (κ3) is 5.52. The third-order valence-electron chi connectivity index (χ3n) is 4.56. The lowest BCUT2D eigenvalue weighted by atomic mass is 10.2. The summed E-state index contributed by atoms with van der Waals surface area (Å²) in [5, 5.41) is 14.2. The summed E-state index contributed by atoms with van der Waals surface area (Å²) in [6, 6.07) is 32.2. The number of azo groups is 1. The maximum atomic E-state index is 12.3. The summed E-state index contributed by atoms with van der Waals surface area (Å²) < 4.78 is 0. The van der Waals surface area contributed by atoms with Gasteiger partial charge in [-0.1, -0.05) is 48.5 Å². The number of hydrogen-bond donors (Lipinski definition) is 2. The van der Waals surface area contributed by atoms with E-state index in [1.165, 1.54) is 0 Å². The van der Waals surface area contributed by atoms with Crippen molar-refractivity contribution in [2.75, 3.05) is 10.6 Å². The second kappa shape index (κ2) is 9.95. The zero-order chi connectivity index (χ0) is 22.2. The monoisotopic (exact) mass is 420 g/mol. The fourth-order valence-corrected chi connectivity index (χ4v) is 2.99. The van der Waals surface area contributed by atoms with Crippen LogP contribution in [0.15, 0.2) is 119 Å². The molecule has 0 aromatic heterocycles. The first-order valence-electron chi connectivity index (χ1n) is 10.0. The normalized spacial score (nSPS) is 10.6. The average molecular weight is 420 g/mol. The maximum absolute atomic E-state index is 12.3. The largest absolute Gasteiger partial charge is 0.322 e. The Morgan fingerprint density at radius 3 is 1.31 bits per heavy atom. The van der Waals surface area contributed by atoms with E-state index in [0.717, 1.165) is 0 Å². The van der Waals surface area contributed by atoms with Crippen molar-refractivity contribution in [1.82, 2.24) is 0 Å². The van der Waals surface area contributed by atoms with Crippen molar-refractivity contribution in [2.45, 2.75) is 0 Å². The quantitative estimate of drug-likeness (QED) is 0.344. The molecule has 0 aliphatic carbocycles. The number of carbonyl (C=O) groups excluding carboxylic acids is 2. The molecule has 4 aromatic carbocycles. The van der Waals surface area contributed by atoms with E-state index >= 15 is 0 Å². The minimum absolute atomic E-state index is 0.193. The van der Waals surface area contributed by atoms with E-state index in [2.05, 4.69) is 20.9 Å². The molecule has 32 heavy (non-hydrogen) atoms. The van der Waals surface area contributed by atoms with Crippen LogP contribution in [0.5, 0.6) is 0 Å². The number of amides is 2. The van der Waals surface area contributed by atoms with Gasteiger partial charge in [0.25, 0.3) is 11.8 Å². The minimum Gasteiger partial charge on any atom is -0.322 e. The highest BCUT2D eigenvalue weighted by Crippen LogP contribution is 2.24. The lowest BCUT2D eigenvalue weighted by molar-refractivity contribution is 0.101. The molecule has 0 aliphatic rings. The van der Waals surface area contributed by atoms with E-state index in [4.69, 9.17) is 0 Å². The zero-order valence-electron chi connectivity index (χ0n) is 17.1. The van der Waals surface area contributed by atoms with Crippen LogP contribution in [-0.2, 0) is 0 Å². The summed E-state index contributed by atoms with van der Waals surface area (Å²) in [6.07, 6.45) is 0. The van der Waals surface area contributed by atoms with Crippen molar-refractivity contribution in [3.63, 3.8) is 0 Å². The van der Waals surface area contributed by atoms with Crippen LogP contribution in [0.2, 0.25) is 0 Å². The fourth-order valence-electron chi connectivity index (χ4n) is 2.99. The van der Waals surface area contributed by atoms with Crippen LogP contribution in [0.25, 0.3) is 0 Å². The molecule has 0 saturated carbocycles. The maximum Gasteiger partial charge on any atom is 0.255 e. The predicted molar refractivity (Wildman–Crippen MR) is 126 cm³/mol. The molecular formula is C26H20N4O2. The first-order chi connectivity index (χ1) is 15.7. The molecule has 6 heteroatoms. The molecule has 6 nitrogen and oxygen atoms in total. The van der Waals surface area contributed by atoms with Gasteiger partial charge in [0, 0.05) is 22.5 Å². The Morgan fingerprint density at radius 2 is 0.906 bits per heavy atom. The number of carbonyl (C=O) groups is 2. The summed E-state index contributed by atoms with van der Waals surface area (Å²) in [5.41, 5.74) is 3.59. The Kier molecular flexibility index (Phi) is 6.43. The van der Waals surface area contributed by atoms with Crippen LogP contribution >= 0.6 is 0 Å². The van der Waals surface area contributed by atoms with Gasteiger partial charge in [-0.25, -0.2) is 0 Å². The van der Waals surface area contributed by atoms with E-state index in [-0.39, 0.29) is 11.8 Å². The smallest absolute Gasteiger partial charge is 0.255 e. The van der Waals surface area contributed by atoms with Gasteiger partial charge in [0.1, 0.15) is 0 Å². The van der Waals surface area contributed by atoms with E-state index in [1.54, 1.807) is 72.8 Å². The van der Waals surface area contributed by atoms with Crippen molar-refractivity contribution in [3.8, 4) is 0 Å². The van der Waals surface area contributed by atoms with Crippen molar-refractivity contribution in [3.05, 3.63) is 120 Å². The van der Waals surface area contributed by atoms with E-state index in [0.29, 0.717) is 33.9 Å². The van der Waals surface area contributed by atoms with Crippen molar-refractivity contribution >= 4 is 34.6 Å². The van der Waals surface area contributed by atoms with Crippen molar-refractivity contribution < 1.29 is 9.59 Å². The Bertz CT molecular complexity index is 1160. The molecule has 2 amide bonds. The molecule has 0 fully saturated rings. The van der Waals surface area contributed by atoms with Crippen LogP contribution in [0.3, 0.4) is 0 Å². The van der Waals surface area contributed by atoms with Crippen LogP contribution < -0.4 is 10.6 Å². The molecule has 4 rings (SSSR count). The number of hydrogen-bond acceptors (Lipinski definition) is 4. The fraction of sp³-hybridized carbons (Fsp3) is 0. The minimum atomic E-state index is -0.193. The van der Waals surface area contributed by atoms with Crippen LogP contribution in [0, 0.1) is 0 Å². The van der Waals surface area contributed by atoms with Crippen LogP contribution in [-0.4, -0.2) is 11.8 Å². The van der Waals surface area contributed by atoms with Gasteiger partial charge in [0.15, 0.2) is 0 Å². The van der Waals surface area contributed by atoms with E-state index < -0.39 is 0 Å². The summed E-state index contributed by atoms with van der Waals surface area (Å²) in [6.45, 7) is 0. The Morgan fingerprint density at radius 1 is 0.500 bits per heavy atom. The highest BCUT2D eigenvalue weighted by atomic mass is 16.2. The van der Waals surface area contributed by atoms with Gasteiger partial charge < -0.3 is 10.6 Å². The zero-order valence-corrected chi connectivity index (χ0v) is 17.1. The van der Waals surface area contributed by atoms with Crippen LogP contribution in [0.1, 0.15) is 20.7 Å². The number of nitrogens with one attached hydrogen (secondary N) is 2. The molecule has 0 heterocycles. The van der Waals surface area contributed by atoms with Crippen molar-refractivity contribution in [1.29, 1.82) is 0 Å². The lowest BCUT2D eigenvalue weighted by Crippen LogP contribution is -2.11. The average Bonchev–Trinajstić information content (AvgIpc) is 2.84. The molecule has 0 saturated heterocycles. The van der Waals surface area contributed by atoms with Gasteiger partial charge in [-0.05, 0) is 60.7 Å².